The molecule has 0 bridgehead atoms. The molecule has 0 aromatic carbocycles. The van der Waals surface area contributed by atoms with Crippen LogP contribution >= 0.6 is 0 Å². The zero-order valence-electron chi connectivity index (χ0n) is 11.6. The van der Waals surface area contributed by atoms with Crippen molar-refractivity contribution < 1.29 is 9.72 Å². The third-order valence-corrected chi connectivity index (χ3v) is 3.46. The molecule has 108 valence electrons. The summed E-state index contributed by atoms with van der Waals surface area (Å²) in [7, 11) is 0. The molecule has 1 N–H and O–H groups in total. The van der Waals surface area contributed by atoms with Crippen LogP contribution in [-0.2, 0) is 4.79 Å². The van der Waals surface area contributed by atoms with Crippen molar-refractivity contribution in [2.75, 3.05) is 18.4 Å². The maximum Gasteiger partial charge on any atom is 0.287 e. The molecule has 0 saturated carbocycles. The van der Waals surface area contributed by atoms with E-state index in [-0.39, 0.29) is 17.6 Å². The molecule has 1 fully saturated rings. The van der Waals surface area contributed by atoms with Crippen LogP contribution in [0.2, 0.25) is 0 Å². The molecule has 2 rings (SSSR count). The minimum absolute atomic E-state index is 0.0118. The normalized spacial score (nSPS) is 18.1. The molecule has 1 aliphatic rings. The first kappa shape index (κ1) is 14.2. The van der Waals surface area contributed by atoms with Gasteiger partial charge in [-0.25, -0.2) is 4.98 Å². The Bertz CT molecular complexity index is 532. The van der Waals surface area contributed by atoms with Crippen LogP contribution in [-0.4, -0.2) is 39.8 Å². The standard InChI is InChI=1S/C13H18N4O3/c1-3-12(18)16-5-4-10(8-16)15-13-9(2)6-11(7-14-13)17(19)20/h6-7,10H,3-5,8H2,1-2H3,(H,14,15). The van der Waals surface area contributed by atoms with Gasteiger partial charge in [0.05, 0.1) is 4.92 Å². The monoisotopic (exact) mass is 278 g/mol. The minimum atomic E-state index is -0.457. The Morgan fingerprint density at radius 2 is 2.40 bits per heavy atom. The zero-order valence-corrected chi connectivity index (χ0v) is 11.6. The van der Waals surface area contributed by atoms with Gasteiger partial charge in [-0.05, 0) is 18.9 Å². The number of nitrogens with zero attached hydrogens (tertiary/aromatic N) is 3. The third-order valence-electron chi connectivity index (χ3n) is 3.46. The fourth-order valence-corrected chi connectivity index (χ4v) is 2.33. The van der Waals surface area contributed by atoms with E-state index in [4.69, 9.17) is 0 Å². The van der Waals surface area contributed by atoms with Gasteiger partial charge in [0.25, 0.3) is 5.69 Å². The van der Waals surface area contributed by atoms with Crippen molar-refractivity contribution in [1.29, 1.82) is 0 Å². The fourth-order valence-electron chi connectivity index (χ4n) is 2.33. The highest BCUT2D eigenvalue weighted by atomic mass is 16.6. The Hall–Kier alpha value is -2.18. The number of aromatic nitrogens is 1. The molecule has 0 spiro atoms. The van der Waals surface area contributed by atoms with Gasteiger partial charge < -0.3 is 10.2 Å². The summed E-state index contributed by atoms with van der Waals surface area (Å²) in [4.78, 5) is 27.7. The molecule has 7 nitrogen and oxygen atoms in total. The van der Waals surface area contributed by atoms with Crippen molar-refractivity contribution in [3.63, 3.8) is 0 Å². The van der Waals surface area contributed by atoms with Gasteiger partial charge in [0.1, 0.15) is 12.0 Å². The first-order chi connectivity index (χ1) is 9.51. The van der Waals surface area contributed by atoms with Gasteiger partial charge in [-0.15, -0.1) is 0 Å². The largest absolute Gasteiger partial charge is 0.365 e. The van der Waals surface area contributed by atoms with Crippen LogP contribution in [0.25, 0.3) is 0 Å². The highest BCUT2D eigenvalue weighted by Crippen LogP contribution is 2.21. The number of amides is 1. The Labute approximate surface area is 117 Å². The number of carbonyl (C=O) groups excluding carboxylic acids is 1. The summed E-state index contributed by atoms with van der Waals surface area (Å²) >= 11 is 0. The first-order valence-electron chi connectivity index (χ1n) is 6.66. The van der Waals surface area contributed by atoms with Crippen LogP contribution in [0.4, 0.5) is 11.5 Å². The Morgan fingerprint density at radius 3 is 3.00 bits per heavy atom. The second-order valence-corrected chi connectivity index (χ2v) is 4.94. The fraction of sp³-hybridized carbons (Fsp3) is 0.538. The number of carbonyl (C=O) groups is 1. The minimum Gasteiger partial charge on any atom is -0.365 e. The predicted molar refractivity (Wildman–Crippen MR) is 74.5 cm³/mol. The molecule has 2 heterocycles. The molecule has 20 heavy (non-hydrogen) atoms. The van der Waals surface area contributed by atoms with E-state index < -0.39 is 4.92 Å². The van der Waals surface area contributed by atoms with Crippen molar-refractivity contribution in [1.82, 2.24) is 9.88 Å². The van der Waals surface area contributed by atoms with Gasteiger partial charge in [0, 0.05) is 31.6 Å². The van der Waals surface area contributed by atoms with Crippen molar-refractivity contribution in [2.45, 2.75) is 32.7 Å². The highest BCUT2D eigenvalue weighted by Gasteiger charge is 2.25. The summed E-state index contributed by atoms with van der Waals surface area (Å²) in [5.41, 5.74) is 0.724. The second kappa shape index (κ2) is 5.85. The molecule has 1 atom stereocenters. The molecular weight excluding hydrogens is 260 g/mol. The van der Waals surface area contributed by atoms with Crippen LogP contribution in [0, 0.1) is 17.0 Å². The lowest BCUT2D eigenvalue weighted by Crippen LogP contribution is -2.31. The van der Waals surface area contributed by atoms with E-state index in [2.05, 4.69) is 10.3 Å². The van der Waals surface area contributed by atoms with E-state index in [1.54, 1.807) is 6.92 Å². The van der Waals surface area contributed by atoms with E-state index in [1.807, 2.05) is 11.8 Å². The molecule has 1 aliphatic heterocycles. The van der Waals surface area contributed by atoms with Crippen molar-refractivity contribution in [3.05, 3.63) is 27.9 Å². The number of hydrogen-bond donors (Lipinski definition) is 1. The van der Waals surface area contributed by atoms with Gasteiger partial charge >= 0.3 is 0 Å². The van der Waals surface area contributed by atoms with Crippen LogP contribution in [0.3, 0.4) is 0 Å². The van der Waals surface area contributed by atoms with Gasteiger partial charge in [-0.3, -0.25) is 14.9 Å². The summed E-state index contributed by atoms with van der Waals surface area (Å²) in [6.45, 7) is 5.04. The summed E-state index contributed by atoms with van der Waals surface area (Å²) in [5.74, 6) is 0.800. The molecule has 1 amide bonds. The molecule has 1 aromatic heterocycles. The van der Waals surface area contributed by atoms with Gasteiger partial charge in [0.15, 0.2) is 0 Å². The number of nitro groups is 1. The number of hydrogen-bond acceptors (Lipinski definition) is 5. The number of nitrogens with one attached hydrogen (secondary N) is 1. The smallest absolute Gasteiger partial charge is 0.287 e. The molecule has 7 heteroatoms. The Kier molecular flexibility index (Phi) is 4.16. The van der Waals surface area contributed by atoms with Crippen molar-refractivity contribution in [3.8, 4) is 0 Å². The number of likely N-dealkylation sites (tertiary alicyclic amines) is 1. The van der Waals surface area contributed by atoms with Gasteiger partial charge in [-0.2, -0.15) is 0 Å². The molecule has 1 saturated heterocycles. The lowest BCUT2D eigenvalue weighted by Gasteiger charge is -2.17. The van der Waals surface area contributed by atoms with Gasteiger partial charge in [-0.1, -0.05) is 6.92 Å². The lowest BCUT2D eigenvalue weighted by molar-refractivity contribution is -0.385. The maximum atomic E-state index is 11.6. The molecule has 0 aliphatic carbocycles. The SMILES string of the molecule is CCC(=O)N1CCC(Nc2ncc([N+](=O)[O-])cc2C)C1. The highest BCUT2D eigenvalue weighted by molar-refractivity contribution is 5.76. The topological polar surface area (TPSA) is 88.4 Å². The summed E-state index contributed by atoms with van der Waals surface area (Å²) in [6.07, 6.45) is 2.63. The summed E-state index contributed by atoms with van der Waals surface area (Å²) in [6, 6.07) is 1.65. The summed E-state index contributed by atoms with van der Waals surface area (Å²) < 4.78 is 0. The number of aryl methyl sites for hydroxylation is 1. The third kappa shape index (κ3) is 3.04. The van der Waals surface area contributed by atoms with Crippen LogP contribution in [0.15, 0.2) is 12.3 Å². The van der Waals surface area contributed by atoms with E-state index in [1.165, 1.54) is 12.3 Å². The average Bonchev–Trinajstić information content (AvgIpc) is 2.88. The lowest BCUT2D eigenvalue weighted by atomic mass is 10.2. The van der Waals surface area contributed by atoms with E-state index in [9.17, 15) is 14.9 Å². The van der Waals surface area contributed by atoms with Crippen LogP contribution < -0.4 is 5.32 Å². The molecule has 1 aromatic rings. The van der Waals surface area contributed by atoms with E-state index in [0.29, 0.717) is 18.8 Å². The van der Waals surface area contributed by atoms with Crippen molar-refractivity contribution >= 4 is 17.4 Å². The van der Waals surface area contributed by atoms with Crippen LogP contribution in [0.5, 0.6) is 0 Å². The van der Waals surface area contributed by atoms with Gasteiger partial charge in [0.2, 0.25) is 5.91 Å². The maximum absolute atomic E-state index is 11.6. The Balaban J connectivity index is 2.01. The Morgan fingerprint density at radius 1 is 1.65 bits per heavy atom. The van der Waals surface area contributed by atoms with E-state index >= 15 is 0 Å². The van der Waals surface area contributed by atoms with Crippen LogP contribution in [0.1, 0.15) is 25.3 Å². The number of anilines is 1. The molecule has 0 radical (unpaired) electrons. The second-order valence-electron chi connectivity index (χ2n) is 4.94. The number of rotatable bonds is 4. The first-order valence-corrected chi connectivity index (χ1v) is 6.66. The molecular formula is C13H18N4O3. The van der Waals surface area contributed by atoms with E-state index in [0.717, 1.165) is 18.5 Å². The average molecular weight is 278 g/mol. The molecule has 1 unspecified atom stereocenters. The summed E-state index contributed by atoms with van der Waals surface area (Å²) in [5, 5.41) is 13.9. The van der Waals surface area contributed by atoms with Crippen molar-refractivity contribution in [2.24, 2.45) is 0 Å². The predicted octanol–water partition coefficient (Wildman–Crippen LogP) is 1.72. The number of pyridine rings is 1. The zero-order chi connectivity index (χ0) is 14.7. The quantitative estimate of drug-likeness (QED) is 0.669.